The molecule has 0 unspecified atom stereocenters. The molecule has 106 valence electrons. The smallest absolute Gasteiger partial charge is 0.336 e. The van der Waals surface area contributed by atoms with Crippen LogP contribution in [0.15, 0.2) is 62.2 Å². The number of benzene rings is 2. The molecule has 21 heavy (non-hydrogen) atoms. The summed E-state index contributed by atoms with van der Waals surface area (Å²) >= 11 is 3.36. The van der Waals surface area contributed by atoms with Crippen LogP contribution in [0, 0.1) is 0 Å². The van der Waals surface area contributed by atoms with E-state index in [0.717, 1.165) is 15.4 Å². The first-order valence-electron chi connectivity index (χ1n) is 6.32. The van der Waals surface area contributed by atoms with Crippen LogP contribution in [-0.4, -0.2) is 0 Å². The largest absolute Gasteiger partial charge is 0.489 e. The van der Waals surface area contributed by atoms with Gasteiger partial charge in [0.2, 0.25) is 0 Å². The number of anilines is 1. The zero-order valence-electron chi connectivity index (χ0n) is 11.0. The Balaban J connectivity index is 1.93. The van der Waals surface area contributed by atoms with Gasteiger partial charge in [-0.15, -0.1) is 0 Å². The maximum Gasteiger partial charge on any atom is 0.336 e. The zero-order valence-corrected chi connectivity index (χ0v) is 12.6. The molecule has 2 N–H and O–H groups in total. The van der Waals surface area contributed by atoms with Crippen molar-refractivity contribution in [3.8, 4) is 5.75 Å². The Bertz CT molecular complexity index is 840. The Labute approximate surface area is 129 Å². The average molecular weight is 346 g/mol. The molecule has 0 fully saturated rings. The second kappa shape index (κ2) is 5.61. The standard InChI is InChI=1S/C16H12BrNO3/c17-11-1-6-14-10(7-16(19)21-15(14)8-11)9-20-13-4-2-12(18)3-5-13/h1-8H,9,18H2. The monoisotopic (exact) mass is 345 g/mol. The maximum absolute atomic E-state index is 11.6. The highest BCUT2D eigenvalue weighted by molar-refractivity contribution is 9.10. The quantitative estimate of drug-likeness (QED) is 0.580. The first-order chi connectivity index (χ1) is 10.1. The molecular formula is C16H12BrNO3. The lowest BCUT2D eigenvalue weighted by Crippen LogP contribution is -2.04. The Kier molecular flexibility index (Phi) is 3.66. The van der Waals surface area contributed by atoms with E-state index in [1.54, 1.807) is 30.3 Å². The molecule has 1 heterocycles. The number of ether oxygens (including phenoxy) is 1. The Morgan fingerprint density at radius 2 is 1.86 bits per heavy atom. The summed E-state index contributed by atoms with van der Waals surface area (Å²) < 4.78 is 11.7. The van der Waals surface area contributed by atoms with Crippen LogP contribution < -0.4 is 16.1 Å². The summed E-state index contributed by atoms with van der Waals surface area (Å²) in [7, 11) is 0. The van der Waals surface area contributed by atoms with Crippen molar-refractivity contribution in [1.29, 1.82) is 0 Å². The lowest BCUT2D eigenvalue weighted by molar-refractivity contribution is 0.306. The number of hydrogen-bond acceptors (Lipinski definition) is 4. The van der Waals surface area contributed by atoms with Gasteiger partial charge in [0, 0.05) is 27.2 Å². The van der Waals surface area contributed by atoms with E-state index in [1.165, 1.54) is 6.07 Å². The van der Waals surface area contributed by atoms with Gasteiger partial charge in [-0.05, 0) is 42.5 Å². The van der Waals surface area contributed by atoms with Crippen LogP contribution in [0.1, 0.15) is 5.56 Å². The van der Waals surface area contributed by atoms with Crippen LogP contribution in [0.5, 0.6) is 5.75 Å². The van der Waals surface area contributed by atoms with Crippen LogP contribution in [0.25, 0.3) is 11.0 Å². The van der Waals surface area contributed by atoms with Crippen molar-refractivity contribution >= 4 is 32.6 Å². The van der Waals surface area contributed by atoms with Crippen molar-refractivity contribution in [3.63, 3.8) is 0 Å². The summed E-state index contributed by atoms with van der Waals surface area (Å²) in [6, 6.07) is 14.1. The van der Waals surface area contributed by atoms with Crippen LogP contribution in [0.2, 0.25) is 0 Å². The van der Waals surface area contributed by atoms with Gasteiger partial charge < -0.3 is 14.9 Å². The van der Waals surface area contributed by atoms with Gasteiger partial charge in [-0.1, -0.05) is 15.9 Å². The molecule has 3 rings (SSSR count). The molecular weight excluding hydrogens is 334 g/mol. The third kappa shape index (κ3) is 3.08. The van der Waals surface area contributed by atoms with E-state index in [9.17, 15) is 4.79 Å². The molecule has 5 heteroatoms. The first-order valence-corrected chi connectivity index (χ1v) is 7.12. The van der Waals surface area contributed by atoms with Crippen molar-refractivity contribution in [1.82, 2.24) is 0 Å². The third-order valence-electron chi connectivity index (χ3n) is 3.07. The molecule has 0 saturated heterocycles. The van der Waals surface area contributed by atoms with Gasteiger partial charge in [0.15, 0.2) is 0 Å². The second-order valence-corrected chi connectivity index (χ2v) is 5.50. The molecule has 0 amide bonds. The molecule has 2 aromatic carbocycles. The molecule has 0 aliphatic heterocycles. The molecule has 4 nitrogen and oxygen atoms in total. The fourth-order valence-electron chi connectivity index (χ4n) is 2.05. The van der Waals surface area contributed by atoms with E-state index in [0.29, 0.717) is 17.0 Å². The van der Waals surface area contributed by atoms with Gasteiger partial charge in [0.05, 0.1) is 0 Å². The van der Waals surface area contributed by atoms with Crippen LogP contribution in [-0.2, 0) is 6.61 Å². The fraction of sp³-hybridized carbons (Fsp3) is 0.0625. The minimum Gasteiger partial charge on any atom is -0.489 e. The summed E-state index contributed by atoms with van der Waals surface area (Å²) in [6.45, 7) is 0.285. The molecule has 0 aliphatic rings. The van der Waals surface area contributed by atoms with Crippen molar-refractivity contribution < 1.29 is 9.15 Å². The van der Waals surface area contributed by atoms with Gasteiger partial charge in [0.25, 0.3) is 0 Å². The van der Waals surface area contributed by atoms with E-state index in [-0.39, 0.29) is 6.61 Å². The highest BCUT2D eigenvalue weighted by Gasteiger charge is 2.07. The van der Waals surface area contributed by atoms with Crippen LogP contribution in [0.3, 0.4) is 0 Å². The van der Waals surface area contributed by atoms with Gasteiger partial charge in [0.1, 0.15) is 17.9 Å². The van der Waals surface area contributed by atoms with Crippen molar-refractivity contribution in [2.24, 2.45) is 0 Å². The number of nitrogen functional groups attached to an aromatic ring is 1. The SMILES string of the molecule is Nc1ccc(OCc2cc(=O)oc3cc(Br)ccc23)cc1. The Hall–Kier alpha value is -2.27. The highest BCUT2D eigenvalue weighted by Crippen LogP contribution is 2.23. The summed E-state index contributed by atoms with van der Waals surface area (Å²) in [5.41, 5.74) is 7.23. The van der Waals surface area contributed by atoms with E-state index in [4.69, 9.17) is 14.9 Å². The molecule has 0 spiro atoms. The Morgan fingerprint density at radius 3 is 2.62 bits per heavy atom. The molecule has 0 aliphatic carbocycles. The van der Waals surface area contributed by atoms with Gasteiger partial charge >= 0.3 is 5.63 Å². The number of rotatable bonds is 3. The third-order valence-corrected chi connectivity index (χ3v) is 3.56. The number of halogens is 1. The predicted octanol–water partition coefficient (Wildman–Crippen LogP) is 3.72. The molecule has 3 aromatic rings. The van der Waals surface area contributed by atoms with E-state index < -0.39 is 5.63 Å². The van der Waals surface area contributed by atoms with Crippen molar-refractivity contribution in [3.05, 3.63) is 69.0 Å². The lowest BCUT2D eigenvalue weighted by Gasteiger charge is -2.08. The second-order valence-electron chi connectivity index (χ2n) is 4.59. The number of fused-ring (bicyclic) bond motifs is 1. The van der Waals surface area contributed by atoms with Gasteiger partial charge in [-0.25, -0.2) is 4.79 Å². The molecule has 1 aromatic heterocycles. The van der Waals surface area contributed by atoms with Crippen molar-refractivity contribution in [2.75, 3.05) is 5.73 Å². The van der Waals surface area contributed by atoms with Gasteiger partial charge in [-0.3, -0.25) is 0 Å². The number of nitrogens with two attached hydrogens (primary N) is 1. The molecule has 0 bridgehead atoms. The molecule has 0 saturated carbocycles. The number of hydrogen-bond donors (Lipinski definition) is 1. The first kappa shape index (κ1) is 13.7. The zero-order chi connectivity index (χ0) is 14.8. The molecule has 0 atom stereocenters. The topological polar surface area (TPSA) is 65.5 Å². The average Bonchev–Trinajstić information content (AvgIpc) is 2.45. The van der Waals surface area contributed by atoms with E-state index >= 15 is 0 Å². The van der Waals surface area contributed by atoms with E-state index in [1.807, 2.05) is 12.1 Å². The summed E-state index contributed by atoms with van der Waals surface area (Å²) in [5.74, 6) is 0.697. The predicted molar refractivity (Wildman–Crippen MR) is 85.4 cm³/mol. The lowest BCUT2D eigenvalue weighted by atomic mass is 10.1. The highest BCUT2D eigenvalue weighted by atomic mass is 79.9. The normalized spacial score (nSPS) is 10.7. The Morgan fingerprint density at radius 1 is 1.10 bits per heavy atom. The van der Waals surface area contributed by atoms with Gasteiger partial charge in [-0.2, -0.15) is 0 Å². The molecule has 0 radical (unpaired) electrons. The van der Waals surface area contributed by atoms with E-state index in [2.05, 4.69) is 15.9 Å². The van der Waals surface area contributed by atoms with Crippen LogP contribution >= 0.6 is 15.9 Å². The fourth-order valence-corrected chi connectivity index (χ4v) is 2.39. The summed E-state index contributed by atoms with van der Waals surface area (Å²) in [4.78, 5) is 11.6. The maximum atomic E-state index is 11.6. The summed E-state index contributed by atoms with van der Waals surface area (Å²) in [5, 5.41) is 0.855. The minimum atomic E-state index is -0.392. The van der Waals surface area contributed by atoms with Crippen molar-refractivity contribution in [2.45, 2.75) is 6.61 Å². The van der Waals surface area contributed by atoms with Crippen LogP contribution in [0.4, 0.5) is 5.69 Å². The summed E-state index contributed by atoms with van der Waals surface area (Å²) in [6.07, 6.45) is 0. The minimum absolute atomic E-state index is 0.285.